The van der Waals surface area contributed by atoms with Gasteiger partial charge in [-0.05, 0) is 5.56 Å². The van der Waals surface area contributed by atoms with Gasteiger partial charge in [0.15, 0.2) is 5.13 Å². The zero-order chi connectivity index (χ0) is 18.9. The maximum atomic E-state index is 12.1. The predicted octanol–water partition coefficient (Wildman–Crippen LogP) is 2.24. The van der Waals surface area contributed by atoms with Gasteiger partial charge in [-0.25, -0.2) is 14.6 Å². The lowest BCUT2D eigenvalue weighted by atomic mass is 10.1. The number of carboxylic acid groups (broad SMARTS) is 1. The number of carboxylic acids is 1. The number of rotatable bonds is 8. The highest BCUT2D eigenvalue weighted by atomic mass is 32.1. The van der Waals surface area contributed by atoms with E-state index in [1.165, 1.54) is 23.3 Å². The summed E-state index contributed by atoms with van der Waals surface area (Å²) in [5.41, 5.74) is 0.748. The van der Waals surface area contributed by atoms with Crippen LogP contribution in [0.25, 0.3) is 0 Å². The molecule has 0 saturated heterocycles. The number of amides is 2. The Morgan fingerprint density at radius 2 is 2.04 bits per heavy atom. The Morgan fingerprint density at radius 3 is 2.65 bits per heavy atom. The quantitative estimate of drug-likeness (QED) is 0.730. The molecule has 0 bridgehead atoms. The maximum Gasteiger partial charge on any atom is 0.410 e. The van der Waals surface area contributed by atoms with Gasteiger partial charge in [0.25, 0.3) is 0 Å². The van der Waals surface area contributed by atoms with Crippen LogP contribution in [0.4, 0.5) is 9.93 Å². The van der Waals surface area contributed by atoms with Gasteiger partial charge in [-0.3, -0.25) is 4.79 Å². The summed E-state index contributed by atoms with van der Waals surface area (Å²) in [7, 11) is 1.44. The number of anilines is 1. The number of aliphatic carboxylic acids is 1. The number of hydrogen-bond donors (Lipinski definition) is 2. The molecule has 1 heterocycles. The summed E-state index contributed by atoms with van der Waals surface area (Å²) >= 11 is 1.29. The number of aromatic nitrogens is 1. The van der Waals surface area contributed by atoms with Crippen LogP contribution >= 0.6 is 11.3 Å². The van der Waals surface area contributed by atoms with Crippen LogP contribution in [0.2, 0.25) is 0 Å². The second-order valence-electron chi connectivity index (χ2n) is 5.46. The minimum absolute atomic E-state index is 0.0433. The monoisotopic (exact) mass is 377 g/mol. The summed E-state index contributed by atoms with van der Waals surface area (Å²) in [6, 6.07) is 8.90. The average Bonchev–Trinajstić information content (AvgIpc) is 3.12. The van der Waals surface area contributed by atoms with Crippen molar-refractivity contribution in [1.82, 2.24) is 9.88 Å². The van der Waals surface area contributed by atoms with Crippen molar-refractivity contribution in [3.63, 3.8) is 0 Å². The molecule has 0 aliphatic heterocycles. The molecule has 2 aromatic rings. The number of nitrogens with zero attached hydrogens (tertiary/aromatic N) is 2. The molecule has 9 heteroatoms. The molecule has 2 N–H and O–H groups in total. The van der Waals surface area contributed by atoms with Gasteiger partial charge in [-0.2, -0.15) is 0 Å². The molecule has 0 saturated carbocycles. The molecule has 0 spiro atoms. The van der Waals surface area contributed by atoms with Crippen molar-refractivity contribution in [3.05, 3.63) is 47.5 Å². The van der Waals surface area contributed by atoms with Crippen LogP contribution in [0.5, 0.6) is 0 Å². The zero-order valence-corrected chi connectivity index (χ0v) is 14.9. The van der Waals surface area contributed by atoms with E-state index in [1.54, 1.807) is 35.8 Å². The van der Waals surface area contributed by atoms with E-state index in [0.29, 0.717) is 5.13 Å². The molecule has 2 rings (SSSR count). The summed E-state index contributed by atoms with van der Waals surface area (Å²) in [5.74, 6) is -1.52. The Labute approximate surface area is 154 Å². The van der Waals surface area contributed by atoms with E-state index in [1.807, 2.05) is 6.07 Å². The lowest BCUT2D eigenvalue weighted by molar-refractivity contribution is -0.147. The SMILES string of the molecule is CN(CCC(=O)Nc1nccs1)C(=O)OC(Cc1ccccc1)C(=O)O. The largest absolute Gasteiger partial charge is 0.478 e. The van der Waals surface area contributed by atoms with E-state index >= 15 is 0 Å². The zero-order valence-electron chi connectivity index (χ0n) is 14.1. The van der Waals surface area contributed by atoms with Gasteiger partial charge >= 0.3 is 12.1 Å². The molecule has 26 heavy (non-hydrogen) atoms. The number of nitrogens with one attached hydrogen (secondary N) is 1. The molecule has 1 unspecified atom stereocenters. The Bertz CT molecular complexity index is 736. The van der Waals surface area contributed by atoms with Gasteiger partial charge in [0, 0.05) is 38.0 Å². The summed E-state index contributed by atoms with van der Waals surface area (Å²) in [5, 5.41) is 14.1. The van der Waals surface area contributed by atoms with E-state index in [4.69, 9.17) is 4.74 Å². The van der Waals surface area contributed by atoms with Gasteiger partial charge in [-0.15, -0.1) is 11.3 Å². The van der Waals surface area contributed by atoms with Crippen molar-refractivity contribution in [2.45, 2.75) is 18.9 Å². The number of benzene rings is 1. The standard InChI is InChI=1S/C17H19N3O5S/c1-20(9-7-14(21)19-16-18-8-10-26-16)17(24)25-13(15(22)23)11-12-5-3-2-4-6-12/h2-6,8,10,13H,7,9,11H2,1H3,(H,22,23)(H,18,19,21). The molecule has 8 nitrogen and oxygen atoms in total. The third kappa shape index (κ3) is 6.17. The molecule has 1 aromatic heterocycles. The topological polar surface area (TPSA) is 109 Å². The minimum atomic E-state index is -1.29. The number of carbonyl (C=O) groups is 3. The highest BCUT2D eigenvalue weighted by Crippen LogP contribution is 2.11. The Morgan fingerprint density at radius 1 is 1.31 bits per heavy atom. The van der Waals surface area contributed by atoms with Crippen LogP contribution < -0.4 is 5.32 Å². The van der Waals surface area contributed by atoms with Crippen molar-refractivity contribution in [2.75, 3.05) is 18.9 Å². The van der Waals surface area contributed by atoms with E-state index in [0.717, 1.165) is 5.56 Å². The first-order valence-corrected chi connectivity index (χ1v) is 8.71. The van der Waals surface area contributed by atoms with Crippen molar-refractivity contribution < 1.29 is 24.2 Å². The summed E-state index contributed by atoms with van der Waals surface area (Å²) in [4.78, 5) is 40.3. The fourth-order valence-corrected chi connectivity index (χ4v) is 2.59. The minimum Gasteiger partial charge on any atom is -0.478 e. The molecule has 1 atom stereocenters. The highest BCUT2D eigenvalue weighted by Gasteiger charge is 2.24. The molecular formula is C17H19N3O5S. The molecule has 0 fully saturated rings. The molecule has 2 amide bonds. The number of carbonyl (C=O) groups excluding carboxylic acids is 2. The average molecular weight is 377 g/mol. The third-order valence-electron chi connectivity index (χ3n) is 3.45. The Balaban J connectivity index is 1.81. The first kappa shape index (κ1) is 19.4. The number of thiazole rings is 1. The molecular weight excluding hydrogens is 358 g/mol. The van der Waals surface area contributed by atoms with E-state index in [2.05, 4.69) is 10.3 Å². The van der Waals surface area contributed by atoms with Gasteiger partial charge in [-0.1, -0.05) is 30.3 Å². The third-order valence-corrected chi connectivity index (χ3v) is 4.14. The normalized spacial score (nSPS) is 11.4. The smallest absolute Gasteiger partial charge is 0.410 e. The van der Waals surface area contributed by atoms with Crippen molar-refractivity contribution in [3.8, 4) is 0 Å². The van der Waals surface area contributed by atoms with Crippen molar-refractivity contribution in [1.29, 1.82) is 0 Å². The van der Waals surface area contributed by atoms with E-state index < -0.39 is 18.2 Å². The number of hydrogen-bond acceptors (Lipinski definition) is 6. The molecule has 1 aromatic carbocycles. The fourth-order valence-electron chi connectivity index (χ4n) is 2.05. The second-order valence-corrected chi connectivity index (χ2v) is 6.35. The second kappa shape index (κ2) is 9.52. The van der Waals surface area contributed by atoms with Crippen LogP contribution in [0.1, 0.15) is 12.0 Å². The van der Waals surface area contributed by atoms with Crippen LogP contribution in [0.15, 0.2) is 41.9 Å². The summed E-state index contributed by atoms with van der Waals surface area (Å²) < 4.78 is 5.06. The maximum absolute atomic E-state index is 12.1. The molecule has 0 radical (unpaired) electrons. The van der Waals surface area contributed by atoms with E-state index in [9.17, 15) is 19.5 Å². The summed E-state index contributed by atoms with van der Waals surface area (Å²) in [6.07, 6.45) is -0.406. The fraction of sp³-hybridized carbons (Fsp3) is 0.294. The highest BCUT2D eigenvalue weighted by molar-refractivity contribution is 7.13. The van der Waals surface area contributed by atoms with Crippen LogP contribution in [0, 0.1) is 0 Å². The predicted molar refractivity (Wildman–Crippen MR) is 96.0 cm³/mol. The van der Waals surface area contributed by atoms with E-state index in [-0.39, 0.29) is 25.3 Å². The van der Waals surface area contributed by atoms with Crippen LogP contribution in [-0.2, 0) is 20.7 Å². The van der Waals surface area contributed by atoms with Gasteiger partial charge in [0.1, 0.15) is 0 Å². The summed E-state index contributed by atoms with van der Waals surface area (Å²) in [6.45, 7) is 0.0910. The van der Waals surface area contributed by atoms with Crippen LogP contribution in [0.3, 0.4) is 0 Å². The molecule has 0 aliphatic rings. The lowest BCUT2D eigenvalue weighted by Gasteiger charge is -2.20. The molecule has 138 valence electrons. The van der Waals surface area contributed by atoms with Gasteiger partial charge in [0.2, 0.25) is 12.0 Å². The Hall–Kier alpha value is -2.94. The van der Waals surface area contributed by atoms with Crippen molar-refractivity contribution in [2.24, 2.45) is 0 Å². The van der Waals surface area contributed by atoms with Gasteiger partial charge in [0.05, 0.1) is 0 Å². The first-order valence-electron chi connectivity index (χ1n) is 7.83. The lowest BCUT2D eigenvalue weighted by Crippen LogP contribution is -2.37. The first-order chi connectivity index (χ1) is 12.5. The molecule has 0 aliphatic carbocycles. The number of ether oxygens (including phenoxy) is 1. The van der Waals surface area contributed by atoms with Crippen molar-refractivity contribution >= 4 is 34.4 Å². The van der Waals surface area contributed by atoms with Gasteiger partial charge < -0.3 is 20.1 Å². The Kier molecular flexibility index (Phi) is 7.10. The van der Waals surface area contributed by atoms with Crippen LogP contribution in [-0.4, -0.2) is 52.7 Å².